The van der Waals surface area contributed by atoms with Crippen LogP contribution >= 0.6 is 0 Å². The van der Waals surface area contributed by atoms with Crippen LogP contribution in [0.3, 0.4) is 0 Å². The molecule has 0 aromatic carbocycles. The Kier molecular flexibility index (Phi) is 1.17. The second kappa shape index (κ2) is 1.73. The summed E-state index contributed by atoms with van der Waals surface area (Å²) in [6, 6.07) is 0. The molecule has 48 valence electrons. The van der Waals surface area contributed by atoms with E-state index in [1.165, 1.54) is 0 Å². The van der Waals surface area contributed by atoms with E-state index >= 15 is 0 Å². The standard InChI is InChI=1S/C3H2N2O3S/c6-3-5-1-4-2-9(3,7)8/h1-2H. The number of rotatable bonds is 0. The van der Waals surface area contributed by atoms with Gasteiger partial charge in [-0.15, -0.1) is 0 Å². The van der Waals surface area contributed by atoms with E-state index in [4.69, 9.17) is 0 Å². The summed E-state index contributed by atoms with van der Waals surface area (Å²) in [6.07, 6.45) is 0.892. The van der Waals surface area contributed by atoms with Gasteiger partial charge >= 0.3 is 5.24 Å². The SMILES string of the molecule is O=C1N=CN=CS1(=O)=O. The molecule has 0 saturated heterocycles. The molecule has 6 heteroatoms. The van der Waals surface area contributed by atoms with Crippen molar-refractivity contribution < 1.29 is 13.2 Å². The lowest BCUT2D eigenvalue weighted by Gasteiger charge is -1.91. The molecule has 5 nitrogen and oxygen atoms in total. The normalized spacial score (nSPS) is 22.4. The molecule has 1 amide bonds. The van der Waals surface area contributed by atoms with Crippen molar-refractivity contribution in [2.45, 2.75) is 0 Å². The molecule has 1 rings (SSSR count). The van der Waals surface area contributed by atoms with Crippen molar-refractivity contribution in [1.29, 1.82) is 0 Å². The molecule has 0 N–H and O–H groups in total. The number of carbonyl (C=O) groups excluding carboxylic acids is 1. The predicted molar refractivity (Wildman–Crippen MR) is 31.3 cm³/mol. The number of sulfone groups is 1. The Hall–Kier alpha value is -1.04. The number of hydrogen-bond acceptors (Lipinski definition) is 4. The van der Waals surface area contributed by atoms with Crippen molar-refractivity contribution in [3.05, 3.63) is 0 Å². The Balaban J connectivity index is 3.22. The Labute approximate surface area is 51.0 Å². The zero-order valence-corrected chi connectivity index (χ0v) is 5.00. The molecule has 0 radical (unpaired) electrons. The van der Waals surface area contributed by atoms with E-state index < -0.39 is 15.1 Å². The summed E-state index contributed by atoms with van der Waals surface area (Å²) in [5, 5.41) is -1.16. The van der Waals surface area contributed by atoms with Crippen LogP contribution in [0.15, 0.2) is 9.98 Å². The van der Waals surface area contributed by atoms with Crippen molar-refractivity contribution >= 4 is 27.0 Å². The molecule has 0 bridgehead atoms. The molecule has 0 atom stereocenters. The van der Waals surface area contributed by atoms with E-state index in [1.54, 1.807) is 0 Å². The van der Waals surface area contributed by atoms with Gasteiger partial charge < -0.3 is 0 Å². The molecule has 0 aliphatic carbocycles. The van der Waals surface area contributed by atoms with Crippen LogP contribution in [0.2, 0.25) is 0 Å². The van der Waals surface area contributed by atoms with Crippen LogP contribution in [-0.4, -0.2) is 25.5 Å². The smallest absolute Gasteiger partial charge is 0.253 e. The van der Waals surface area contributed by atoms with Crippen molar-refractivity contribution in [2.75, 3.05) is 0 Å². The molecular weight excluding hydrogens is 144 g/mol. The fourth-order valence-electron chi connectivity index (χ4n) is 0.306. The van der Waals surface area contributed by atoms with Gasteiger partial charge in [0.2, 0.25) is 0 Å². The first kappa shape index (κ1) is 6.09. The third-order valence-electron chi connectivity index (χ3n) is 0.673. The topological polar surface area (TPSA) is 75.9 Å². The van der Waals surface area contributed by atoms with Crippen molar-refractivity contribution in [3.8, 4) is 0 Å². The zero-order chi connectivity index (χ0) is 6.91. The summed E-state index contributed by atoms with van der Waals surface area (Å²) in [5.74, 6) is 0. The van der Waals surface area contributed by atoms with Crippen LogP contribution in [0.5, 0.6) is 0 Å². The van der Waals surface area contributed by atoms with E-state index in [1.807, 2.05) is 0 Å². The predicted octanol–water partition coefficient (Wildman–Crippen LogP) is -0.409. The number of aliphatic imine (C=N–C) groups is 2. The van der Waals surface area contributed by atoms with E-state index in [0.717, 1.165) is 6.34 Å². The highest BCUT2D eigenvalue weighted by molar-refractivity contribution is 8.17. The average Bonchev–Trinajstić information content (AvgIpc) is 1.77. The van der Waals surface area contributed by atoms with Gasteiger partial charge in [-0.25, -0.2) is 13.4 Å². The first-order valence-electron chi connectivity index (χ1n) is 1.98. The largest absolute Gasteiger partial charge is 0.369 e. The zero-order valence-electron chi connectivity index (χ0n) is 4.18. The molecular formula is C3H2N2O3S. The Morgan fingerprint density at radius 3 is 2.44 bits per heavy atom. The molecule has 1 aliphatic rings. The highest BCUT2D eigenvalue weighted by Gasteiger charge is 2.19. The molecule has 9 heavy (non-hydrogen) atoms. The molecule has 0 aromatic heterocycles. The average molecular weight is 146 g/mol. The van der Waals surface area contributed by atoms with E-state index in [9.17, 15) is 13.2 Å². The van der Waals surface area contributed by atoms with Crippen LogP contribution < -0.4 is 0 Å². The van der Waals surface area contributed by atoms with Crippen LogP contribution in [0.1, 0.15) is 0 Å². The summed E-state index contributed by atoms with van der Waals surface area (Å²) in [6.45, 7) is 0. The van der Waals surface area contributed by atoms with Gasteiger partial charge in [-0.2, -0.15) is 4.99 Å². The first-order chi connectivity index (χ1) is 4.13. The molecule has 0 saturated carbocycles. The molecule has 0 fully saturated rings. The number of nitrogens with zero attached hydrogens (tertiary/aromatic N) is 2. The Bertz CT molecular complexity index is 286. The summed E-state index contributed by atoms with van der Waals surface area (Å²) < 4.78 is 20.7. The van der Waals surface area contributed by atoms with E-state index in [2.05, 4.69) is 9.98 Å². The van der Waals surface area contributed by atoms with E-state index in [-0.39, 0.29) is 0 Å². The minimum absolute atomic E-state index is 0.572. The molecule has 1 heterocycles. The van der Waals surface area contributed by atoms with Gasteiger partial charge in [0.1, 0.15) is 11.9 Å². The van der Waals surface area contributed by atoms with Crippen LogP contribution in [0, 0.1) is 0 Å². The Morgan fingerprint density at radius 2 is 2.11 bits per heavy atom. The number of carbonyl (C=O) groups is 1. The maximum atomic E-state index is 10.4. The highest BCUT2D eigenvalue weighted by Crippen LogP contribution is 1.95. The summed E-state index contributed by atoms with van der Waals surface area (Å²) in [4.78, 5) is 16.3. The quantitative estimate of drug-likeness (QED) is 0.466. The molecule has 0 spiro atoms. The van der Waals surface area contributed by atoms with Gasteiger partial charge in [-0.05, 0) is 0 Å². The van der Waals surface area contributed by atoms with Crippen molar-refractivity contribution in [2.24, 2.45) is 9.98 Å². The Morgan fingerprint density at radius 1 is 1.44 bits per heavy atom. The monoisotopic (exact) mass is 146 g/mol. The lowest BCUT2D eigenvalue weighted by molar-refractivity contribution is 0.266. The van der Waals surface area contributed by atoms with Crippen molar-refractivity contribution in [1.82, 2.24) is 0 Å². The molecule has 0 unspecified atom stereocenters. The molecule has 0 aromatic rings. The molecule has 1 aliphatic heterocycles. The third kappa shape index (κ3) is 1.02. The second-order valence-corrected chi connectivity index (χ2v) is 2.96. The number of amides is 1. The second-order valence-electron chi connectivity index (χ2n) is 1.31. The van der Waals surface area contributed by atoms with Gasteiger partial charge in [0.25, 0.3) is 9.84 Å². The first-order valence-corrected chi connectivity index (χ1v) is 3.52. The van der Waals surface area contributed by atoms with Crippen LogP contribution in [0.25, 0.3) is 0 Å². The minimum Gasteiger partial charge on any atom is -0.253 e. The van der Waals surface area contributed by atoms with Gasteiger partial charge in [0.05, 0.1) is 0 Å². The fourth-order valence-corrected chi connectivity index (χ4v) is 0.805. The van der Waals surface area contributed by atoms with Crippen LogP contribution in [-0.2, 0) is 9.84 Å². The lowest BCUT2D eigenvalue weighted by Crippen LogP contribution is -2.14. The van der Waals surface area contributed by atoms with Gasteiger partial charge in [0.15, 0.2) is 0 Å². The van der Waals surface area contributed by atoms with Gasteiger partial charge in [-0.1, -0.05) is 0 Å². The van der Waals surface area contributed by atoms with Gasteiger partial charge in [0, 0.05) is 0 Å². The third-order valence-corrected chi connectivity index (χ3v) is 1.66. The fraction of sp³-hybridized carbons (Fsp3) is 0. The van der Waals surface area contributed by atoms with E-state index in [0.29, 0.717) is 5.55 Å². The maximum Gasteiger partial charge on any atom is 0.369 e. The number of hydrogen-bond donors (Lipinski definition) is 0. The summed E-state index contributed by atoms with van der Waals surface area (Å²) >= 11 is 0. The van der Waals surface area contributed by atoms with Crippen LogP contribution in [0.4, 0.5) is 4.79 Å². The minimum atomic E-state index is -3.79. The lowest BCUT2D eigenvalue weighted by atomic mass is 11.2. The van der Waals surface area contributed by atoms with Crippen molar-refractivity contribution in [3.63, 3.8) is 0 Å². The summed E-state index contributed by atoms with van der Waals surface area (Å²) in [5.41, 5.74) is 0.572. The summed E-state index contributed by atoms with van der Waals surface area (Å²) in [7, 11) is -3.79. The maximum absolute atomic E-state index is 10.4. The highest BCUT2D eigenvalue weighted by atomic mass is 32.2. The van der Waals surface area contributed by atoms with Gasteiger partial charge in [-0.3, -0.25) is 4.79 Å².